The van der Waals surface area contributed by atoms with E-state index in [4.69, 9.17) is 4.74 Å². The predicted molar refractivity (Wildman–Crippen MR) is 77.1 cm³/mol. The molecule has 114 valence electrons. The minimum atomic E-state index is -0.625. The Hall–Kier alpha value is -2.08. The molecule has 21 heavy (non-hydrogen) atoms. The summed E-state index contributed by atoms with van der Waals surface area (Å²) in [4.78, 5) is 26.2. The number of benzene rings is 1. The molecule has 1 atom stereocenters. The number of morpholine rings is 1. The van der Waals surface area contributed by atoms with E-state index in [-0.39, 0.29) is 24.2 Å². The van der Waals surface area contributed by atoms with E-state index in [0.29, 0.717) is 25.3 Å². The van der Waals surface area contributed by atoms with Crippen LogP contribution in [0.2, 0.25) is 0 Å². The molecular weight excluding hydrogens is 272 g/mol. The van der Waals surface area contributed by atoms with Crippen LogP contribution in [0.25, 0.3) is 0 Å². The van der Waals surface area contributed by atoms with Crippen molar-refractivity contribution >= 4 is 11.8 Å². The van der Waals surface area contributed by atoms with Crippen LogP contribution in [0.1, 0.15) is 23.7 Å². The van der Waals surface area contributed by atoms with Gasteiger partial charge in [-0.15, -0.1) is 0 Å². The van der Waals surface area contributed by atoms with E-state index in [1.165, 1.54) is 17.0 Å². The summed E-state index contributed by atoms with van der Waals surface area (Å²) in [7, 11) is 0. The number of carbonyl (C=O) groups excluding carboxylic acids is 2. The van der Waals surface area contributed by atoms with Crippen LogP contribution < -0.4 is 5.32 Å². The Bertz CT molecular complexity index is 518. The highest BCUT2D eigenvalue weighted by molar-refractivity contribution is 5.98. The highest BCUT2D eigenvalue weighted by Gasteiger charge is 2.33. The van der Waals surface area contributed by atoms with Crippen molar-refractivity contribution in [2.24, 2.45) is 0 Å². The lowest BCUT2D eigenvalue weighted by molar-refractivity contribution is -0.130. The molecular formula is C15H20N2O4. The van der Waals surface area contributed by atoms with Crippen LogP contribution in [-0.4, -0.2) is 54.2 Å². The molecule has 1 aliphatic heterocycles. The van der Waals surface area contributed by atoms with Gasteiger partial charge in [-0.25, -0.2) is 0 Å². The van der Waals surface area contributed by atoms with E-state index >= 15 is 0 Å². The van der Waals surface area contributed by atoms with Gasteiger partial charge in [-0.3, -0.25) is 9.59 Å². The highest BCUT2D eigenvalue weighted by atomic mass is 16.5. The van der Waals surface area contributed by atoms with Gasteiger partial charge in [-0.05, 0) is 24.6 Å². The van der Waals surface area contributed by atoms with Crippen molar-refractivity contribution in [3.8, 4) is 5.75 Å². The Kier molecular flexibility index (Phi) is 5.16. The number of ether oxygens (including phenoxy) is 1. The van der Waals surface area contributed by atoms with E-state index in [1.807, 2.05) is 6.92 Å². The Morgan fingerprint density at radius 3 is 3.00 bits per heavy atom. The lowest BCUT2D eigenvalue weighted by Gasteiger charge is -2.34. The third kappa shape index (κ3) is 3.72. The quantitative estimate of drug-likeness (QED) is 0.858. The average molecular weight is 292 g/mol. The van der Waals surface area contributed by atoms with Crippen molar-refractivity contribution in [3.63, 3.8) is 0 Å². The minimum absolute atomic E-state index is 0.0288. The molecule has 6 heteroatoms. The smallest absolute Gasteiger partial charge is 0.254 e. The minimum Gasteiger partial charge on any atom is -0.508 e. The maximum Gasteiger partial charge on any atom is 0.254 e. The molecule has 0 aliphatic carbocycles. The summed E-state index contributed by atoms with van der Waals surface area (Å²) >= 11 is 0. The fraction of sp³-hybridized carbons (Fsp3) is 0.467. The first kappa shape index (κ1) is 15.3. The second-order valence-corrected chi connectivity index (χ2v) is 4.93. The maximum atomic E-state index is 12.5. The largest absolute Gasteiger partial charge is 0.508 e. The number of phenols is 1. The molecule has 1 heterocycles. The summed E-state index contributed by atoms with van der Waals surface area (Å²) in [5.41, 5.74) is 0.366. The molecule has 1 saturated heterocycles. The summed E-state index contributed by atoms with van der Waals surface area (Å²) in [5.74, 6) is -0.447. The monoisotopic (exact) mass is 292 g/mol. The van der Waals surface area contributed by atoms with Gasteiger partial charge in [-0.1, -0.05) is 13.0 Å². The fourth-order valence-corrected chi connectivity index (χ4v) is 2.23. The van der Waals surface area contributed by atoms with Crippen LogP contribution >= 0.6 is 0 Å². The summed E-state index contributed by atoms with van der Waals surface area (Å²) in [6, 6.07) is 5.51. The fourth-order valence-electron chi connectivity index (χ4n) is 2.23. The molecule has 0 spiro atoms. The average Bonchev–Trinajstić information content (AvgIpc) is 2.52. The molecule has 2 rings (SSSR count). The Morgan fingerprint density at radius 1 is 1.48 bits per heavy atom. The molecule has 0 radical (unpaired) electrons. The maximum absolute atomic E-state index is 12.5. The molecule has 6 nitrogen and oxygen atoms in total. The first-order chi connectivity index (χ1) is 10.1. The van der Waals surface area contributed by atoms with Crippen molar-refractivity contribution in [1.82, 2.24) is 10.2 Å². The number of amides is 2. The number of hydrogen-bond donors (Lipinski definition) is 2. The normalized spacial score (nSPS) is 18.3. The lowest BCUT2D eigenvalue weighted by atomic mass is 10.1. The third-order valence-electron chi connectivity index (χ3n) is 3.33. The number of nitrogens with one attached hydrogen (secondary N) is 1. The van der Waals surface area contributed by atoms with Crippen LogP contribution in [0, 0.1) is 0 Å². The Balaban J connectivity index is 2.14. The van der Waals surface area contributed by atoms with Crippen LogP contribution in [0.15, 0.2) is 24.3 Å². The molecule has 2 amide bonds. The van der Waals surface area contributed by atoms with Gasteiger partial charge >= 0.3 is 0 Å². The van der Waals surface area contributed by atoms with E-state index in [2.05, 4.69) is 5.32 Å². The number of aromatic hydroxyl groups is 1. The zero-order valence-corrected chi connectivity index (χ0v) is 12.0. The summed E-state index contributed by atoms with van der Waals surface area (Å²) < 4.78 is 5.32. The number of carbonyl (C=O) groups is 2. The van der Waals surface area contributed by atoms with E-state index in [9.17, 15) is 14.7 Å². The Morgan fingerprint density at radius 2 is 2.29 bits per heavy atom. The van der Waals surface area contributed by atoms with Gasteiger partial charge < -0.3 is 20.1 Å². The second-order valence-electron chi connectivity index (χ2n) is 4.93. The molecule has 1 aliphatic rings. The molecule has 1 unspecified atom stereocenters. The van der Waals surface area contributed by atoms with Gasteiger partial charge in [0.15, 0.2) is 0 Å². The highest BCUT2D eigenvalue weighted by Crippen LogP contribution is 2.16. The van der Waals surface area contributed by atoms with Gasteiger partial charge in [0.2, 0.25) is 5.91 Å². The van der Waals surface area contributed by atoms with Crippen molar-refractivity contribution in [2.75, 3.05) is 26.3 Å². The first-order valence-electron chi connectivity index (χ1n) is 7.09. The van der Waals surface area contributed by atoms with Crippen LogP contribution in [0.3, 0.4) is 0 Å². The summed E-state index contributed by atoms with van der Waals surface area (Å²) in [6.07, 6.45) is 0.833. The first-order valence-corrected chi connectivity index (χ1v) is 7.09. The van der Waals surface area contributed by atoms with Gasteiger partial charge in [-0.2, -0.15) is 0 Å². The molecule has 1 aromatic carbocycles. The second kappa shape index (κ2) is 7.08. The summed E-state index contributed by atoms with van der Waals surface area (Å²) in [5, 5.41) is 12.3. The zero-order chi connectivity index (χ0) is 15.2. The SMILES string of the molecule is CCCNC(=O)C1COCCN1C(=O)c1cccc(O)c1. The van der Waals surface area contributed by atoms with Crippen molar-refractivity contribution in [1.29, 1.82) is 0 Å². The van der Waals surface area contributed by atoms with Gasteiger partial charge in [0, 0.05) is 18.7 Å². The molecule has 0 aromatic heterocycles. The van der Waals surface area contributed by atoms with Gasteiger partial charge in [0.05, 0.1) is 13.2 Å². The summed E-state index contributed by atoms with van der Waals surface area (Å²) in [6.45, 7) is 3.50. The van der Waals surface area contributed by atoms with Crippen molar-refractivity contribution in [3.05, 3.63) is 29.8 Å². The lowest BCUT2D eigenvalue weighted by Crippen LogP contribution is -2.56. The zero-order valence-electron chi connectivity index (χ0n) is 12.0. The molecule has 2 N–H and O–H groups in total. The van der Waals surface area contributed by atoms with E-state index < -0.39 is 6.04 Å². The van der Waals surface area contributed by atoms with Crippen molar-refractivity contribution < 1.29 is 19.4 Å². The Labute approximate surface area is 123 Å². The number of nitrogens with zero attached hydrogens (tertiary/aromatic N) is 1. The molecule has 1 fully saturated rings. The number of phenolic OH excluding ortho intramolecular Hbond substituents is 1. The van der Waals surface area contributed by atoms with Crippen LogP contribution in [0.5, 0.6) is 5.75 Å². The third-order valence-corrected chi connectivity index (χ3v) is 3.33. The van der Waals surface area contributed by atoms with E-state index in [1.54, 1.807) is 12.1 Å². The predicted octanol–water partition coefficient (Wildman–Crippen LogP) is 0.759. The van der Waals surface area contributed by atoms with E-state index in [0.717, 1.165) is 6.42 Å². The molecule has 0 bridgehead atoms. The standard InChI is InChI=1S/C15H20N2O4/c1-2-6-16-14(19)13-10-21-8-7-17(13)15(20)11-4-3-5-12(18)9-11/h3-5,9,13,18H,2,6-8,10H2,1H3,(H,16,19). The molecule has 0 saturated carbocycles. The van der Waals surface area contributed by atoms with Crippen molar-refractivity contribution in [2.45, 2.75) is 19.4 Å². The molecule has 1 aromatic rings. The number of hydrogen-bond acceptors (Lipinski definition) is 4. The van der Waals surface area contributed by atoms with Gasteiger partial charge in [0.1, 0.15) is 11.8 Å². The topological polar surface area (TPSA) is 78.9 Å². The van der Waals surface area contributed by atoms with Crippen LogP contribution in [-0.2, 0) is 9.53 Å². The van der Waals surface area contributed by atoms with Crippen LogP contribution in [0.4, 0.5) is 0 Å². The van der Waals surface area contributed by atoms with Gasteiger partial charge in [0.25, 0.3) is 5.91 Å². The number of rotatable bonds is 4.